The molecule has 0 aliphatic carbocycles. The van der Waals surface area contributed by atoms with Crippen LogP contribution >= 0.6 is 22.6 Å². The first-order valence-electron chi connectivity index (χ1n) is 4.80. The molecule has 0 spiro atoms. The highest BCUT2D eigenvalue weighted by Crippen LogP contribution is 2.25. The number of nitrogens with zero attached hydrogens (tertiary/aromatic N) is 2. The zero-order valence-corrected chi connectivity index (χ0v) is 10.6. The van der Waals surface area contributed by atoms with Crippen LogP contribution in [-0.2, 0) is 0 Å². The Morgan fingerprint density at radius 1 is 1.38 bits per heavy atom. The van der Waals surface area contributed by atoms with Crippen LogP contribution in [0, 0.1) is 10.8 Å². The van der Waals surface area contributed by atoms with Crippen molar-refractivity contribution in [3.8, 4) is 11.3 Å². The molecule has 0 saturated heterocycles. The van der Waals surface area contributed by atoms with Gasteiger partial charge < -0.3 is 4.42 Å². The first kappa shape index (κ1) is 9.83. The van der Waals surface area contributed by atoms with E-state index in [9.17, 15) is 0 Å². The van der Waals surface area contributed by atoms with E-state index in [4.69, 9.17) is 4.42 Å². The molecule has 0 atom stereocenters. The quantitative estimate of drug-likeness (QED) is 0.700. The highest BCUT2D eigenvalue weighted by molar-refractivity contribution is 14.1. The molecule has 0 radical (unpaired) electrons. The summed E-state index contributed by atoms with van der Waals surface area (Å²) in [4.78, 5) is 4.08. The third-order valence-corrected chi connectivity index (χ3v) is 3.01. The molecule has 1 aromatic carbocycles. The standard InChI is InChI=1S/C11H8IN3O/c1-6-8-4-7(2-3-9(8)15-14-6)10-5-13-11(12)16-10/h2-5H,1H3,(H,14,15). The normalized spacial score (nSPS) is 11.1. The molecule has 0 unspecified atom stereocenters. The number of aromatic nitrogens is 3. The van der Waals surface area contributed by atoms with Gasteiger partial charge in [-0.05, 0) is 25.1 Å². The average molecular weight is 325 g/mol. The average Bonchev–Trinajstić information content (AvgIpc) is 2.86. The maximum Gasteiger partial charge on any atom is 0.257 e. The summed E-state index contributed by atoms with van der Waals surface area (Å²) in [6, 6.07) is 6.06. The van der Waals surface area contributed by atoms with E-state index >= 15 is 0 Å². The summed E-state index contributed by atoms with van der Waals surface area (Å²) in [6.45, 7) is 1.98. The number of hydrogen-bond acceptors (Lipinski definition) is 3. The minimum atomic E-state index is 0.650. The number of aryl methyl sites for hydroxylation is 1. The molecule has 5 heteroatoms. The molecule has 80 valence electrons. The number of fused-ring (bicyclic) bond motifs is 1. The van der Waals surface area contributed by atoms with Crippen molar-refractivity contribution in [3.63, 3.8) is 0 Å². The third kappa shape index (κ3) is 1.51. The van der Waals surface area contributed by atoms with Gasteiger partial charge in [0, 0.05) is 33.5 Å². The van der Waals surface area contributed by atoms with Crippen LogP contribution in [0.25, 0.3) is 22.2 Å². The molecule has 0 saturated carbocycles. The SMILES string of the molecule is Cc1n[nH]c2ccc(-c3cnc(I)o3)cc12. The second-order valence-corrected chi connectivity index (χ2v) is 4.47. The first-order valence-corrected chi connectivity index (χ1v) is 5.88. The maximum atomic E-state index is 5.48. The Morgan fingerprint density at radius 2 is 2.25 bits per heavy atom. The van der Waals surface area contributed by atoms with Gasteiger partial charge in [0.2, 0.25) is 0 Å². The Hall–Kier alpha value is -1.37. The van der Waals surface area contributed by atoms with E-state index in [-0.39, 0.29) is 0 Å². The largest absolute Gasteiger partial charge is 0.432 e. The Morgan fingerprint density at radius 3 is 3.00 bits per heavy atom. The van der Waals surface area contributed by atoms with Crippen molar-refractivity contribution in [1.82, 2.24) is 15.2 Å². The van der Waals surface area contributed by atoms with Crippen LogP contribution in [0.4, 0.5) is 0 Å². The second-order valence-electron chi connectivity index (χ2n) is 3.55. The summed E-state index contributed by atoms with van der Waals surface area (Å²) in [6.07, 6.45) is 1.73. The minimum absolute atomic E-state index is 0.650. The number of H-pyrrole nitrogens is 1. The third-order valence-electron chi connectivity index (χ3n) is 2.52. The van der Waals surface area contributed by atoms with Crippen molar-refractivity contribution in [2.24, 2.45) is 0 Å². The molecule has 0 fully saturated rings. The van der Waals surface area contributed by atoms with E-state index in [0.29, 0.717) is 3.90 Å². The van der Waals surface area contributed by atoms with E-state index in [1.54, 1.807) is 6.20 Å². The number of benzene rings is 1. The molecule has 0 bridgehead atoms. The molecule has 0 aliphatic rings. The summed E-state index contributed by atoms with van der Waals surface area (Å²) < 4.78 is 6.13. The highest BCUT2D eigenvalue weighted by Gasteiger charge is 2.07. The van der Waals surface area contributed by atoms with Crippen LogP contribution < -0.4 is 0 Å². The molecule has 4 nitrogen and oxygen atoms in total. The van der Waals surface area contributed by atoms with E-state index in [1.165, 1.54) is 0 Å². The van der Waals surface area contributed by atoms with Crippen LogP contribution in [0.3, 0.4) is 0 Å². The van der Waals surface area contributed by atoms with Gasteiger partial charge in [0.25, 0.3) is 3.90 Å². The van der Waals surface area contributed by atoms with E-state index in [2.05, 4.69) is 43.8 Å². The summed E-state index contributed by atoms with van der Waals surface area (Å²) in [5, 5.41) is 8.25. The van der Waals surface area contributed by atoms with E-state index in [0.717, 1.165) is 27.9 Å². The topological polar surface area (TPSA) is 54.7 Å². The van der Waals surface area contributed by atoms with Gasteiger partial charge in [0.1, 0.15) is 0 Å². The molecular weight excluding hydrogens is 317 g/mol. The number of rotatable bonds is 1. The lowest BCUT2D eigenvalue weighted by molar-refractivity contribution is 0.539. The van der Waals surface area contributed by atoms with Crippen molar-refractivity contribution in [2.75, 3.05) is 0 Å². The minimum Gasteiger partial charge on any atom is -0.432 e. The van der Waals surface area contributed by atoms with Gasteiger partial charge in [-0.1, -0.05) is 0 Å². The second kappa shape index (κ2) is 3.58. The highest BCUT2D eigenvalue weighted by atomic mass is 127. The molecule has 2 aromatic heterocycles. The molecule has 2 heterocycles. The number of aromatic amines is 1. The first-order chi connectivity index (χ1) is 7.74. The van der Waals surface area contributed by atoms with Crippen LogP contribution in [-0.4, -0.2) is 15.2 Å². The fourth-order valence-electron chi connectivity index (χ4n) is 1.68. The lowest BCUT2D eigenvalue weighted by atomic mass is 10.1. The van der Waals surface area contributed by atoms with Gasteiger partial charge in [0.05, 0.1) is 17.4 Å². The monoisotopic (exact) mass is 325 g/mol. The fraction of sp³-hybridized carbons (Fsp3) is 0.0909. The van der Waals surface area contributed by atoms with Crippen molar-refractivity contribution in [3.05, 3.63) is 34.0 Å². The summed E-state index contributed by atoms with van der Waals surface area (Å²) in [5.41, 5.74) is 3.05. The fourth-order valence-corrected chi connectivity index (χ4v) is 2.06. The number of oxazole rings is 1. The van der Waals surface area contributed by atoms with Gasteiger partial charge in [0.15, 0.2) is 5.76 Å². The van der Waals surface area contributed by atoms with E-state index in [1.807, 2.05) is 19.1 Å². The molecule has 16 heavy (non-hydrogen) atoms. The van der Waals surface area contributed by atoms with Gasteiger partial charge in [-0.15, -0.1) is 0 Å². The zero-order chi connectivity index (χ0) is 11.1. The molecule has 3 rings (SSSR count). The van der Waals surface area contributed by atoms with E-state index < -0.39 is 0 Å². The van der Waals surface area contributed by atoms with Crippen LogP contribution in [0.5, 0.6) is 0 Å². The smallest absolute Gasteiger partial charge is 0.257 e. The van der Waals surface area contributed by atoms with Crippen molar-refractivity contribution >= 4 is 33.5 Å². The Labute approximate surface area is 105 Å². The molecular formula is C11H8IN3O. The molecule has 0 amide bonds. The molecule has 0 aliphatic heterocycles. The lowest BCUT2D eigenvalue weighted by Gasteiger charge is -1.96. The van der Waals surface area contributed by atoms with Crippen LogP contribution in [0.2, 0.25) is 0 Å². The maximum absolute atomic E-state index is 5.48. The Balaban J connectivity index is 2.21. The van der Waals surface area contributed by atoms with Crippen molar-refractivity contribution in [1.29, 1.82) is 0 Å². The zero-order valence-electron chi connectivity index (χ0n) is 8.49. The van der Waals surface area contributed by atoms with Gasteiger partial charge >= 0.3 is 0 Å². The number of hydrogen-bond donors (Lipinski definition) is 1. The van der Waals surface area contributed by atoms with Gasteiger partial charge in [-0.2, -0.15) is 5.10 Å². The Kier molecular flexibility index (Phi) is 2.20. The predicted molar refractivity (Wildman–Crippen MR) is 69.0 cm³/mol. The number of halogens is 1. The van der Waals surface area contributed by atoms with Crippen LogP contribution in [0.15, 0.2) is 28.8 Å². The number of nitrogens with one attached hydrogen (secondary N) is 1. The molecule has 1 N–H and O–H groups in total. The lowest BCUT2D eigenvalue weighted by Crippen LogP contribution is -1.75. The van der Waals surface area contributed by atoms with Crippen molar-refractivity contribution < 1.29 is 4.42 Å². The van der Waals surface area contributed by atoms with Gasteiger partial charge in [-0.25, -0.2) is 4.98 Å². The summed E-state index contributed by atoms with van der Waals surface area (Å²) in [5.74, 6) is 0.784. The molecule has 3 aromatic rings. The summed E-state index contributed by atoms with van der Waals surface area (Å²) in [7, 11) is 0. The van der Waals surface area contributed by atoms with Crippen LogP contribution in [0.1, 0.15) is 5.69 Å². The Bertz CT molecular complexity index is 656. The summed E-state index contributed by atoms with van der Waals surface area (Å²) >= 11 is 2.05. The van der Waals surface area contributed by atoms with Crippen molar-refractivity contribution in [2.45, 2.75) is 6.92 Å². The predicted octanol–water partition coefficient (Wildman–Crippen LogP) is 3.13. The van der Waals surface area contributed by atoms with Gasteiger partial charge in [-0.3, -0.25) is 5.10 Å².